The molecule has 0 aliphatic carbocycles. The van der Waals surface area contributed by atoms with Crippen LogP contribution in [-0.4, -0.2) is 154 Å². The number of hydrogen-bond acceptors (Lipinski definition) is 15. The number of nitrogens with one attached hydrogen (secondary N) is 1. The van der Waals surface area contributed by atoms with Gasteiger partial charge in [0, 0.05) is 68.4 Å². The molecule has 23 heteroatoms. The number of aliphatic hydroxyl groups is 1. The minimum Gasteiger partial charge on any atom is -0.454 e. The van der Waals surface area contributed by atoms with Crippen molar-refractivity contribution < 1.29 is 75.0 Å². The summed E-state index contributed by atoms with van der Waals surface area (Å²) in [6.45, 7) is 20.4. The van der Waals surface area contributed by atoms with Gasteiger partial charge >= 0.3 is 5.97 Å². The van der Waals surface area contributed by atoms with Crippen molar-refractivity contribution in [3.8, 4) is 0 Å². The van der Waals surface area contributed by atoms with Crippen LogP contribution in [0, 0.1) is 41.2 Å². The first kappa shape index (κ1) is 65.6. The summed E-state index contributed by atoms with van der Waals surface area (Å²) in [6, 6.07) is 4.99. The van der Waals surface area contributed by atoms with Crippen LogP contribution in [0.5, 0.6) is 0 Å². The van der Waals surface area contributed by atoms with E-state index in [9.17, 15) is 41.8 Å². The quantitative estimate of drug-likeness (QED) is 0.0898. The Morgan fingerprint density at radius 1 is 0.779 bits per heavy atom. The Kier molecular flexibility index (Phi) is 23.8. The van der Waals surface area contributed by atoms with Gasteiger partial charge in [0.1, 0.15) is 59.8 Å². The van der Waals surface area contributed by atoms with E-state index in [0.29, 0.717) is 41.5 Å². The van der Waals surface area contributed by atoms with Gasteiger partial charge in [-0.2, -0.15) is 28.3 Å². The summed E-state index contributed by atoms with van der Waals surface area (Å²) >= 11 is 3.09. The number of allylic oxidation sites excluding steroid dienone is 2. The van der Waals surface area contributed by atoms with E-state index in [2.05, 4.69) is 33.2 Å². The lowest BCUT2D eigenvalue weighted by atomic mass is 9.93. The number of ether oxygens (including phenoxy) is 7. The number of methoxy groups -OCH3 is 1. The molecule has 0 spiro atoms. The zero-order chi connectivity index (χ0) is 56.5. The van der Waals surface area contributed by atoms with Crippen LogP contribution in [0.3, 0.4) is 0 Å². The number of halogens is 5. The van der Waals surface area contributed by atoms with Crippen molar-refractivity contribution in [2.45, 2.75) is 155 Å². The Balaban J connectivity index is 0.000000275. The van der Waals surface area contributed by atoms with Crippen LogP contribution in [-0.2, 0) is 65.4 Å². The largest absolute Gasteiger partial charge is 0.454 e. The molecule has 2 unspecified atom stereocenters. The van der Waals surface area contributed by atoms with E-state index in [1.54, 1.807) is 36.6 Å². The fourth-order valence-corrected chi connectivity index (χ4v) is 10.6. The molecular weight excluding hydrogens is 1070 g/mol. The van der Waals surface area contributed by atoms with Crippen LogP contribution >= 0.6 is 35.9 Å². The van der Waals surface area contributed by atoms with E-state index in [0.717, 1.165) is 17.9 Å². The maximum atomic E-state index is 13.7. The van der Waals surface area contributed by atoms with Crippen molar-refractivity contribution >= 4 is 59.6 Å². The van der Waals surface area contributed by atoms with Gasteiger partial charge in [0.15, 0.2) is 23.8 Å². The number of amides is 3. The lowest BCUT2D eigenvalue weighted by molar-refractivity contribution is -0.334. The number of nitrogens with zero attached hydrogens (tertiary/aromatic N) is 2. The molecule has 0 bridgehead atoms. The second kappa shape index (κ2) is 28.0. The summed E-state index contributed by atoms with van der Waals surface area (Å²) in [5.74, 6) is -3.95. The predicted molar refractivity (Wildman–Crippen MR) is 287 cm³/mol. The molecule has 5 heterocycles. The lowest BCUT2D eigenvalue weighted by Crippen LogP contribution is -2.62. The zero-order valence-corrected chi connectivity index (χ0v) is 48.0. The van der Waals surface area contributed by atoms with Crippen molar-refractivity contribution in [1.82, 2.24) is 15.1 Å². The number of carbonyl (C=O) groups excluding carboxylic acids is 4. The van der Waals surface area contributed by atoms with Gasteiger partial charge in [-0.3, -0.25) is 14.4 Å². The number of fused-ring (bicyclic) bond motifs is 1. The number of esters is 1. The number of nitrogens with two attached hydrogens (primary N) is 1. The summed E-state index contributed by atoms with van der Waals surface area (Å²) < 4.78 is 92.7. The first-order chi connectivity index (χ1) is 35.4. The highest BCUT2D eigenvalue weighted by Crippen LogP contribution is 2.37. The monoisotopic (exact) mass is 1150 g/mol. The molecule has 5 aliphatic heterocycles. The molecule has 2 aromatic carbocycles. The number of thioether (sulfide) groups is 2. The lowest BCUT2D eigenvalue weighted by Gasteiger charge is -2.45. The molecule has 4 N–H and O–H groups in total. The van der Waals surface area contributed by atoms with Crippen molar-refractivity contribution in [3.63, 3.8) is 0 Å². The molecule has 7 rings (SSSR count). The molecule has 16 nitrogen and oxygen atoms in total. The highest BCUT2D eigenvalue weighted by Gasteiger charge is 2.57. The number of rotatable bonds is 11. The molecule has 0 radical (unpaired) electrons. The molecule has 430 valence electrons. The topological polar surface area (TPSA) is 198 Å². The number of hydrogen-bond donors (Lipinski definition) is 3. The molecule has 0 saturated carbocycles. The Morgan fingerprint density at radius 2 is 1.25 bits per heavy atom. The predicted octanol–water partition coefficient (Wildman–Crippen LogP) is 7.02. The van der Waals surface area contributed by atoms with E-state index in [1.165, 1.54) is 48.0 Å². The van der Waals surface area contributed by atoms with E-state index in [4.69, 9.17) is 38.9 Å². The summed E-state index contributed by atoms with van der Waals surface area (Å²) in [6.07, 6.45) is 1.24. The molecule has 2 aromatic rings. The van der Waals surface area contributed by atoms with Gasteiger partial charge in [-0.1, -0.05) is 65.8 Å². The molecule has 3 amide bonds. The Morgan fingerprint density at radius 3 is 1.74 bits per heavy atom. The second-order valence-electron chi connectivity index (χ2n) is 22.1. The maximum absolute atomic E-state index is 13.7. The van der Waals surface area contributed by atoms with Crippen molar-refractivity contribution in [1.29, 1.82) is 0 Å². The van der Waals surface area contributed by atoms with Crippen LogP contribution in [0.15, 0.2) is 60.7 Å². The van der Waals surface area contributed by atoms with E-state index < -0.39 is 102 Å². The molecule has 77 heavy (non-hydrogen) atoms. The van der Waals surface area contributed by atoms with Gasteiger partial charge in [0.25, 0.3) is 5.91 Å². The Hall–Kier alpha value is -3.94. The fourth-order valence-electron chi connectivity index (χ4n) is 8.68. The normalized spacial score (nSPS) is 28.0. The number of carbonyl (C=O) groups is 4. The molecule has 10 atom stereocenters. The first-order valence-electron chi connectivity index (χ1n) is 25.0. The van der Waals surface area contributed by atoms with Crippen LogP contribution in [0.2, 0.25) is 0 Å². The zero-order valence-electron chi connectivity index (χ0n) is 45.6. The third-order valence-corrected chi connectivity index (χ3v) is 14.2. The summed E-state index contributed by atoms with van der Waals surface area (Å²) in [5.41, 5.74) is 6.35. The van der Waals surface area contributed by atoms with Crippen molar-refractivity contribution in [2.24, 2.45) is 16.6 Å². The van der Waals surface area contributed by atoms with E-state index in [1.807, 2.05) is 52.8 Å². The minimum atomic E-state index is -1.23. The smallest absolute Gasteiger partial charge is 0.343 e. The van der Waals surface area contributed by atoms with Crippen LogP contribution < -0.4 is 11.1 Å². The van der Waals surface area contributed by atoms with Crippen LogP contribution in [0.25, 0.3) is 0 Å². The second-order valence-corrected chi connectivity index (χ2v) is 24.4. The van der Waals surface area contributed by atoms with Gasteiger partial charge in [-0.25, -0.2) is 22.4 Å². The molecule has 5 saturated heterocycles. The number of aliphatic hydroxyl groups excluding tert-OH is 1. The van der Waals surface area contributed by atoms with Gasteiger partial charge in [-0.15, -0.1) is 12.4 Å². The first-order valence-corrected chi connectivity index (χ1v) is 27.3. The van der Waals surface area contributed by atoms with Gasteiger partial charge in [0.2, 0.25) is 25.0 Å². The SMILES string of the molecule is CO[C@@H](C(=O)NC1CSCCN(Cc2cc(F)cc(F)c2)C1=O)[C@@H]1OC(C)(C)O[C@H](/C=C/C(C)(C)C)[C@@H]1O.Cl.NC1CSCCN(Cc2cc(F)cc(F)c2)C1=O.[CH2+]O[C@H]1C(=O)O[C@@H]2[C@H]1OC(C)(C)O[C@@H]2/C=C/C(C)(C)C. The van der Waals surface area contributed by atoms with Crippen LogP contribution in [0.4, 0.5) is 17.6 Å². The average Bonchev–Trinajstić information content (AvgIpc) is 3.40. The van der Waals surface area contributed by atoms with Crippen molar-refractivity contribution in [2.75, 3.05) is 43.2 Å². The van der Waals surface area contributed by atoms with Crippen molar-refractivity contribution in [3.05, 3.63) is 102 Å². The standard InChI is InChI=1S/C27H38F2N2O6S.C15H23O5.C12H14F2N2OS.ClH/c1-26(2,3)8-7-20-21(32)22(37-27(4,5)36-20)23(35-6)24(33)30-19-15-38-10-9-31(25(19)34)14-16-11-17(28)13-18(29)12-16;1-14(2,3)8-7-9-10-11(20-15(4,5)19-9)12(17-6)13(16)18-10;13-9-3-8(4-10(14)5-9)6-16-1-2-18-7-11(15)12(16)17;/h7-8,11-13,19-23,32H,9-10,14-15H2,1-6H3,(H,30,33);7-12H,6H2,1-5H3;3-5,11H,1-2,6-7,15H2;1H/q;+1;;/b2*8-7+;;/t19?,20-,21+,22-,23-;9-,10+,11-,12-;;/m11../s1. The maximum Gasteiger partial charge on any atom is 0.343 e. The fraction of sp³-hybridized carbons (Fsp3) is 0.611. The minimum absolute atomic E-state index is 0. The van der Waals surface area contributed by atoms with Gasteiger partial charge in [0.05, 0.1) is 6.04 Å². The van der Waals surface area contributed by atoms with E-state index >= 15 is 0 Å². The molecular formula is C54H76ClF4N4O12S2+. The third kappa shape index (κ3) is 19.7. The number of benzene rings is 2. The van der Waals surface area contributed by atoms with Gasteiger partial charge < -0.3 is 54.4 Å². The van der Waals surface area contributed by atoms with Crippen LogP contribution in [0.1, 0.15) is 80.4 Å². The highest BCUT2D eigenvalue weighted by atomic mass is 35.5. The third-order valence-electron chi connectivity index (χ3n) is 12.1. The Bertz CT molecular complexity index is 2350. The summed E-state index contributed by atoms with van der Waals surface area (Å²) in [5, 5.41) is 13.8. The molecule has 5 aliphatic rings. The Labute approximate surface area is 464 Å². The molecule has 5 fully saturated rings. The molecule has 0 aromatic heterocycles. The van der Waals surface area contributed by atoms with Gasteiger partial charge in [-0.05, 0) is 73.9 Å². The average molecular weight is 1150 g/mol. The van der Waals surface area contributed by atoms with E-state index in [-0.39, 0.29) is 54.2 Å². The highest BCUT2D eigenvalue weighted by molar-refractivity contribution is 7.99. The summed E-state index contributed by atoms with van der Waals surface area (Å²) in [7, 11) is 4.66. The summed E-state index contributed by atoms with van der Waals surface area (Å²) in [4.78, 5) is 53.4.